The van der Waals surface area contributed by atoms with Crippen molar-refractivity contribution in [2.24, 2.45) is 11.8 Å². The molecule has 0 saturated heterocycles. The maximum Gasteiger partial charge on any atom is 0.338 e. The van der Waals surface area contributed by atoms with Gasteiger partial charge in [0.1, 0.15) is 17.6 Å². The number of esters is 5. The summed E-state index contributed by atoms with van der Waals surface area (Å²) in [6.45, 7) is 15.5. The van der Waals surface area contributed by atoms with Crippen LogP contribution in [0.2, 0.25) is 0 Å². The van der Waals surface area contributed by atoms with Crippen LogP contribution < -0.4 is 9.47 Å². The van der Waals surface area contributed by atoms with Gasteiger partial charge in [0.25, 0.3) is 5.70 Å². The highest BCUT2D eigenvalue weighted by atomic mass is 32.2. The predicted molar refractivity (Wildman–Crippen MR) is 198 cm³/mol. The average molecular weight is 772 g/mol. The van der Waals surface area contributed by atoms with E-state index in [1.54, 1.807) is 6.07 Å². The van der Waals surface area contributed by atoms with Crippen LogP contribution in [0, 0.1) is 18.4 Å². The molecule has 1 aromatic carbocycles. The van der Waals surface area contributed by atoms with Crippen LogP contribution in [0.4, 0.5) is 0 Å². The molecule has 0 N–H and O–H groups in total. The SMILES string of the molecule is [C-]#[N+]C(C(=O)OCCCC)=C1Sc2c(OC(C)=O)ccc(OC(=O)C3CCC(OC(=O)C4CCC(OCCCCCCOC(=O)C=C)CC4)CC3)c2S1. The highest BCUT2D eigenvalue weighted by Crippen LogP contribution is 2.59. The van der Waals surface area contributed by atoms with Gasteiger partial charge in [0.15, 0.2) is 0 Å². The summed E-state index contributed by atoms with van der Waals surface area (Å²) in [5.74, 6) is -2.32. The fraction of sp³-hybridized carbons (Fsp3) is 0.590. The van der Waals surface area contributed by atoms with E-state index in [1.807, 2.05) is 6.92 Å². The van der Waals surface area contributed by atoms with E-state index in [0.29, 0.717) is 59.3 Å². The fourth-order valence-corrected chi connectivity index (χ4v) is 8.81. The highest BCUT2D eigenvalue weighted by molar-refractivity contribution is 8.24. The van der Waals surface area contributed by atoms with E-state index in [2.05, 4.69) is 11.4 Å². The first kappa shape index (κ1) is 41.9. The molecule has 0 radical (unpaired) electrons. The lowest BCUT2D eigenvalue weighted by Crippen LogP contribution is -2.33. The second kappa shape index (κ2) is 21.8. The molecule has 4 rings (SSSR count). The standard InChI is InChI=1S/C39H49NO11S2/c1-5-7-22-48-38(45)33(40-4)39-52-34-30(49-25(3)41)20-21-31(35(34)53-39)51-37(44)27-14-18-29(19-15-27)50-36(43)26-12-16-28(17-13-26)46-23-10-8-9-11-24-47-32(42)6-2/h6,20-21,26-29H,2,5,7-19,22-24H2,1,3H3. The second-order valence-electron chi connectivity index (χ2n) is 13.2. The summed E-state index contributed by atoms with van der Waals surface area (Å²) in [5, 5.41) is 0. The highest BCUT2D eigenvalue weighted by Gasteiger charge is 2.35. The smallest absolute Gasteiger partial charge is 0.338 e. The van der Waals surface area contributed by atoms with E-state index in [1.165, 1.54) is 19.1 Å². The van der Waals surface area contributed by atoms with E-state index in [4.69, 9.17) is 35.0 Å². The number of thioether (sulfide) groups is 2. The lowest BCUT2D eigenvalue weighted by atomic mass is 9.86. The summed E-state index contributed by atoms with van der Waals surface area (Å²) in [7, 11) is 0. The normalized spacial score (nSPS) is 21.7. The number of rotatable bonds is 18. The van der Waals surface area contributed by atoms with Gasteiger partial charge < -0.3 is 28.4 Å². The molecule has 1 heterocycles. The Balaban J connectivity index is 1.21. The molecule has 288 valence electrons. The molecule has 0 spiro atoms. The molecule has 0 atom stereocenters. The molecule has 53 heavy (non-hydrogen) atoms. The monoisotopic (exact) mass is 771 g/mol. The Kier molecular flexibility index (Phi) is 17.2. The largest absolute Gasteiger partial charge is 0.471 e. The molecule has 0 bridgehead atoms. The van der Waals surface area contributed by atoms with E-state index < -0.39 is 29.8 Å². The van der Waals surface area contributed by atoms with Gasteiger partial charge in [-0.1, -0.05) is 49.9 Å². The minimum Gasteiger partial charge on any atom is -0.471 e. The van der Waals surface area contributed by atoms with Crippen molar-refractivity contribution in [3.8, 4) is 11.5 Å². The first-order chi connectivity index (χ1) is 25.6. The fourth-order valence-electron chi connectivity index (χ4n) is 6.26. The number of nitrogens with zero attached hydrogens (tertiary/aromatic N) is 1. The third-order valence-electron chi connectivity index (χ3n) is 9.22. The number of carbonyl (C=O) groups excluding carboxylic acids is 5. The van der Waals surface area contributed by atoms with Gasteiger partial charge in [0, 0.05) is 19.6 Å². The van der Waals surface area contributed by atoms with Gasteiger partial charge in [-0.25, -0.2) is 9.64 Å². The van der Waals surface area contributed by atoms with Crippen molar-refractivity contribution >= 4 is 53.4 Å². The molecular formula is C39H49NO11S2. The van der Waals surface area contributed by atoms with Crippen molar-refractivity contribution in [3.63, 3.8) is 0 Å². The Morgan fingerprint density at radius 1 is 0.774 bits per heavy atom. The predicted octanol–water partition coefficient (Wildman–Crippen LogP) is 8.11. The Hall–Kier alpha value is -3.80. The molecule has 2 fully saturated rings. The number of benzene rings is 1. The third-order valence-corrected chi connectivity index (χ3v) is 11.8. The summed E-state index contributed by atoms with van der Waals surface area (Å²) in [6.07, 6.45) is 11.5. The van der Waals surface area contributed by atoms with Crippen molar-refractivity contribution in [3.05, 3.63) is 46.1 Å². The number of hydrogen-bond acceptors (Lipinski definition) is 13. The maximum atomic E-state index is 13.4. The number of fused-ring (bicyclic) bond motifs is 1. The number of ether oxygens (including phenoxy) is 6. The van der Waals surface area contributed by atoms with Crippen LogP contribution in [0.15, 0.2) is 44.5 Å². The molecule has 2 saturated carbocycles. The van der Waals surface area contributed by atoms with Crippen LogP contribution >= 0.6 is 23.5 Å². The van der Waals surface area contributed by atoms with Crippen molar-refractivity contribution < 1.29 is 52.4 Å². The molecular weight excluding hydrogens is 723 g/mol. The molecule has 2 aliphatic carbocycles. The molecule has 0 amide bonds. The molecule has 0 aromatic heterocycles. The summed E-state index contributed by atoms with van der Waals surface area (Å²) in [5.41, 5.74) is -0.182. The van der Waals surface area contributed by atoms with Crippen LogP contribution in [0.1, 0.15) is 104 Å². The zero-order chi connectivity index (χ0) is 38.2. The summed E-state index contributed by atoms with van der Waals surface area (Å²) in [6, 6.07) is 3.08. The van der Waals surface area contributed by atoms with Gasteiger partial charge in [-0.15, -0.1) is 0 Å². The quantitative estimate of drug-likeness (QED) is 0.0354. The van der Waals surface area contributed by atoms with Crippen LogP contribution in [0.25, 0.3) is 4.85 Å². The molecule has 0 unspecified atom stereocenters. The maximum absolute atomic E-state index is 13.4. The van der Waals surface area contributed by atoms with Gasteiger partial charge in [-0.2, -0.15) is 0 Å². The van der Waals surface area contributed by atoms with E-state index in [-0.39, 0.29) is 47.9 Å². The summed E-state index contributed by atoms with van der Waals surface area (Å²) < 4.78 is 33.8. The summed E-state index contributed by atoms with van der Waals surface area (Å²) in [4.78, 5) is 66.3. The first-order valence-electron chi connectivity index (χ1n) is 18.5. The van der Waals surface area contributed by atoms with Crippen molar-refractivity contribution in [2.45, 2.75) is 126 Å². The van der Waals surface area contributed by atoms with Crippen molar-refractivity contribution in [1.82, 2.24) is 0 Å². The van der Waals surface area contributed by atoms with Crippen LogP contribution in [0.3, 0.4) is 0 Å². The molecule has 3 aliphatic rings. The lowest BCUT2D eigenvalue weighted by molar-refractivity contribution is -0.159. The zero-order valence-corrected chi connectivity index (χ0v) is 32.2. The van der Waals surface area contributed by atoms with Gasteiger partial charge in [-0.3, -0.25) is 19.2 Å². The zero-order valence-electron chi connectivity index (χ0n) is 30.5. The minimum atomic E-state index is -0.732. The van der Waals surface area contributed by atoms with Gasteiger partial charge in [0.2, 0.25) is 0 Å². The van der Waals surface area contributed by atoms with Crippen LogP contribution in [-0.4, -0.2) is 61.9 Å². The topological polar surface area (TPSA) is 145 Å². The van der Waals surface area contributed by atoms with E-state index in [9.17, 15) is 24.0 Å². The molecule has 12 nitrogen and oxygen atoms in total. The number of carbonyl (C=O) groups is 5. The van der Waals surface area contributed by atoms with E-state index in [0.717, 1.165) is 81.3 Å². The van der Waals surface area contributed by atoms with Gasteiger partial charge >= 0.3 is 29.8 Å². The Labute approximate surface area is 319 Å². The van der Waals surface area contributed by atoms with E-state index >= 15 is 0 Å². The number of hydrogen-bond donors (Lipinski definition) is 0. The minimum absolute atomic E-state index is 0.148. The Morgan fingerprint density at radius 3 is 1.92 bits per heavy atom. The lowest BCUT2D eigenvalue weighted by Gasteiger charge is -2.31. The number of unbranched alkanes of at least 4 members (excludes halogenated alkanes) is 4. The summed E-state index contributed by atoms with van der Waals surface area (Å²) >= 11 is 2.20. The molecule has 14 heteroatoms. The van der Waals surface area contributed by atoms with Crippen LogP contribution in [0.5, 0.6) is 11.5 Å². The molecule has 1 aromatic rings. The average Bonchev–Trinajstić information content (AvgIpc) is 3.60. The molecule has 1 aliphatic heterocycles. The van der Waals surface area contributed by atoms with Gasteiger partial charge in [0.05, 0.1) is 51.8 Å². The van der Waals surface area contributed by atoms with Crippen molar-refractivity contribution in [2.75, 3.05) is 19.8 Å². The first-order valence-corrected chi connectivity index (χ1v) is 20.1. The Bertz CT molecular complexity index is 1550. The third kappa shape index (κ3) is 12.9. The Morgan fingerprint density at radius 2 is 1.34 bits per heavy atom. The van der Waals surface area contributed by atoms with Crippen LogP contribution in [-0.2, 0) is 42.9 Å². The van der Waals surface area contributed by atoms with Gasteiger partial charge in [-0.05, 0) is 89.2 Å². The second-order valence-corrected chi connectivity index (χ2v) is 15.5. The van der Waals surface area contributed by atoms with Crippen molar-refractivity contribution in [1.29, 1.82) is 0 Å².